The van der Waals surface area contributed by atoms with Crippen LogP contribution in [-0.4, -0.2) is 19.4 Å². The van der Waals surface area contributed by atoms with Crippen molar-refractivity contribution in [1.29, 1.82) is 0 Å². The summed E-state index contributed by atoms with van der Waals surface area (Å²) < 4.78 is 10.0. The largest absolute Gasteiger partial charge is 0.426 e. The summed E-state index contributed by atoms with van der Waals surface area (Å²) in [6.45, 7) is 0. The van der Waals surface area contributed by atoms with Gasteiger partial charge < -0.3 is 9.47 Å². The third kappa shape index (κ3) is 1.28. The molecule has 0 N–H and O–H groups in total. The lowest BCUT2D eigenvalue weighted by atomic mass is 10.5. The molecule has 1 aliphatic rings. The summed E-state index contributed by atoms with van der Waals surface area (Å²) in [6, 6.07) is 0. The average molecular weight is 274 g/mol. The van der Waals surface area contributed by atoms with Crippen molar-refractivity contribution in [2.24, 2.45) is 0 Å². The van der Waals surface area contributed by atoms with Gasteiger partial charge in [0.05, 0.1) is 3.58 Å². The van der Waals surface area contributed by atoms with E-state index in [2.05, 4.69) is 4.74 Å². The number of methoxy groups -OCH3 is 1. The lowest BCUT2D eigenvalue weighted by Gasteiger charge is -2.05. The Balaban J connectivity index is 2.83. The van der Waals surface area contributed by atoms with E-state index in [0.29, 0.717) is 3.58 Å². The molecule has 56 valence electrons. The summed E-state index contributed by atoms with van der Waals surface area (Å²) in [5, 5.41) is 0.118. The maximum absolute atomic E-state index is 10.7. The van der Waals surface area contributed by atoms with Crippen molar-refractivity contribution in [2.45, 2.75) is 6.29 Å². The lowest BCUT2D eigenvalue weighted by molar-refractivity contribution is -0.154. The standard InChI is InChI=1S/C5H4ClIO3/c1-9-5-3(7)2(6)4(8)10-5/h5H,1H3. The fourth-order valence-electron chi connectivity index (χ4n) is 0.553. The molecule has 0 aromatic rings. The fraction of sp³-hybridized carbons (Fsp3) is 0.400. The van der Waals surface area contributed by atoms with Crippen LogP contribution in [0.5, 0.6) is 0 Å². The number of hydrogen-bond acceptors (Lipinski definition) is 3. The van der Waals surface area contributed by atoms with E-state index in [1.807, 2.05) is 22.6 Å². The zero-order valence-electron chi connectivity index (χ0n) is 5.06. The van der Waals surface area contributed by atoms with Gasteiger partial charge >= 0.3 is 5.97 Å². The third-order valence-corrected chi connectivity index (χ3v) is 2.75. The van der Waals surface area contributed by atoms with Crippen molar-refractivity contribution in [2.75, 3.05) is 7.11 Å². The summed E-state index contributed by atoms with van der Waals surface area (Å²) in [7, 11) is 1.45. The summed E-state index contributed by atoms with van der Waals surface area (Å²) in [5.41, 5.74) is 0. The lowest BCUT2D eigenvalue weighted by Crippen LogP contribution is -2.11. The van der Waals surface area contributed by atoms with Crippen LogP contribution in [0.15, 0.2) is 8.61 Å². The molecule has 0 fully saturated rings. The quantitative estimate of drug-likeness (QED) is 0.535. The van der Waals surface area contributed by atoms with Gasteiger partial charge in [0, 0.05) is 7.11 Å². The Morgan fingerprint density at radius 2 is 2.40 bits per heavy atom. The molecule has 0 saturated carbocycles. The minimum Gasteiger partial charge on any atom is -0.426 e. The minimum atomic E-state index is -0.597. The Hall–Kier alpha value is 0.190. The number of esters is 1. The van der Waals surface area contributed by atoms with Gasteiger partial charge in [-0.1, -0.05) is 11.6 Å². The van der Waals surface area contributed by atoms with Crippen LogP contribution in [-0.2, 0) is 14.3 Å². The first kappa shape index (κ1) is 8.29. The average Bonchev–Trinajstić information content (AvgIpc) is 2.17. The monoisotopic (exact) mass is 274 g/mol. The van der Waals surface area contributed by atoms with Crippen LogP contribution in [0, 0.1) is 0 Å². The summed E-state index contributed by atoms with van der Waals surface area (Å²) in [6.07, 6.45) is -0.597. The molecule has 1 atom stereocenters. The highest BCUT2D eigenvalue weighted by atomic mass is 127. The SMILES string of the molecule is COC1OC(=O)C(Cl)=C1I. The number of halogens is 2. The number of ether oxygens (including phenoxy) is 2. The van der Waals surface area contributed by atoms with Crippen molar-refractivity contribution in [3.05, 3.63) is 8.61 Å². The molecule has 3 nitrogen and oxygen atoms in total. The number of hydrogen-bond donors (Lipinski definition) is 0. The number of cyclic esters (lactones) is 1. The Labute approximate surface area is 76.5 Å². The van der Waals surface area contributed by atoms with Gasteiger partial charge in [0.25, 0.3) is 0 Å². The van der Waals surface area contributed by atoms with E-state index in [0.717, 1.165) is 0 Å². The molecule has 1 heterocycles. The molecule has 5 heteroatoms. The zero-order chi connectivity index (χ0) is 7.72. The second-order valence-electron chi connectivity index (χ2n) is 1.63. The summed E-state index contributed by atoms with van der Waals surface area (Å²) >= 11 is 7.42. The van der Waals surface area contributed by atoms with E-state index >= 15 is 0 Å². The predicted octanol–water partition coefficient (Wildman–Crippen LogP) is 1.40. The Morgan fingerprint density at radius 1 is 1.80 bits per heavy atom. The van der Waals surface area contributed by atoms with Crippen LogP contribution in [0.4, 0.5) is 0 Å². The molecule has 10 heavy (non-hydrogen) atoms. The topological polar surface area (TPSA) is 35.5 Å². The van der Waals surface area contributed by atoms with E-state index in [9.17, 15) is 4.79 Å². The molecule has 0 bridgehead atoms. The van der Waals surface area contributed by atoms with E-state index in [1.54, 1.807) is 0 Å². The van der Waals surface area contributed by atoms with Gasteiger partial charge in [-0.15, -0.1) is 0 Å². The molecule has 0 aromatic carbocycles. The van der Waals surface area contributed by atoms with Crippen molar-refractivity contribution >= 4 is 40.2 Å². The maximum Gasteiger partial charge on any atom is 0.353 e. The first-order chi connectivity index (χ1) is 4.66. The highest BCUT2D eigenvalue weighted by Crippen LogP contribution is 2.30. The van der Waals surface area contributed by atoms with Crippen LogP contribution in [0.3, 0.4) is 0 Å². The van der Waals surface area contributed by atoms with Gasteiger partial charge in [-0.2, -0.15) is 0 Å². The second kappa shape index (κ2) is 3.06. The van der Waals surface area contributed by atoms with E-state index in [-0.39, 0.29) is 5.03 Å². The number of carbonyl (C=O) groups is 1. The molecule has 0 saturated heterocycles. The van der Waals surface area contributed by atoms with Crippen LogP contribution >= 0.6 is 34.2 Å². The Morgan fingerprint density at radius 3 is 2.60 bits per heavy atom. The predicted molar refractivity (Wildman–Crippen MR) is 43.8 cm³/mol. The zero-order valence-corrected chi connectivity index (χ0v) is 7.97. The van der Waals surface area contributed by atoms with E-state index in [1.165, 1.54) is 7.11 Å². The molecule has 1 aliphatic heterocycles. The summed E-state index contributed by atoms with van der Waals surface area (Å²) in [5.74, 6) is -0.516. The van der Waals surface area contributed by atoms with Crippen LogP contribution in [0.2, 0.25) is 0 Å². The number of rotatable bonds is 1. The molecule has 1 rings (SSSR count). The fourth-order valence-corrected chi connectivity index (χ4v) is 1.29. The first-order valence-electron chi connectivity index (χ1n) is 2.45. The van der Waals surface area contributed by atoms with Gasteiger partial charge in [0.1, 0.15) is 5.03 Å². The molecule has 1 unspecified atom stereocenters. The highest BCUT2D eigenvalue weighted by Gasteiger charge is 2.31. The van der Waals surface area contributed by atoms with Crippen LogP contribution in [0.1, 0.15) is 0 Å². The molecule has 0 radical (unpaired) electrons. The highest BCUT2D eigenvalue weighted by molar-refractivity contribution is 14.1. The molecule has 0 aromatic heterocycles. The van der Waals surface area contributed by atoms with E-state index in [4.69, 9.17) is 16.3 Å². The third-order valence-electron chi connectivity index (χ3n) is 1.02. The van der Waals surface area contributed by atoms with Crippen molar-refractivity contribution in [3.8, 4) is 0 Å². The van der Waals surface area contributed by atoms with Gasteiger partial charge in [0.15, 0.2) is 0 Å². The molecular weight excluding hydrogens is 270 g/mol. The molecule has 0 spiro atoms. The Bertz CT molecular complexity index is 201. The minimum absolute atomic E-state index is 0.118. The van der Waals surface area contributed by atoms with Gasteiger partial charge in [-0.3, -0.25) is 0 Å². The van der Waals surface area contributed by atoms with Gasteiger partial charge in [0.2, 0.25) is 6.29 Å². The summed E-state index contributed by atoms with van der Waals surface area (Å²) in [4.78, 5) is 10.7. The van der Waals surface area contributed by atoms with Gasteiger partial charge in [-0.25, -0.2) is 4.79 Å². The molecular formula is C5H4ClIO3. The van der Waals surface area contributed by atoms with Crippen LogP contribution < -0.4 is 0 Å². The first-order valence-corrected chi connectivity index (χ1v) is 3.91. The smallest absolute Gasteiger partial charge is 0.353 e. The number of carbonyl (C=O) groups excluding carboxylic acids is 1. The maximum atomic E-state index is 10.7. The van der Waals surface area contributed by atoms with E-state index < -0.39 is 12.3 Å². The van der Waals surface area contributed by atoms with Crippen molar-refractivity contribution < 1.29 is 14.3 Å². The Kier molecular flexibility index (Phi) is 2.54. The molecule has 0 aliphatic carbocycles. The van der Waals surface area contributed by atoms with Crippen molar-refractivity contribution in [1.82, 2.24) is 0 Å². The van der Waals surface area contributed by atoms with Crippen LogP contribution in [0.25, 0.3) is 0 Å². The van der Waals surface area contributed by atoms with Gasteiger partial charge in [-0.05, 0) is 22.6 Å². The normalized spacial score (nSPS) is 25.5. The molecule has 0 amide bonds. The second-order valence-corrected chi connectivity index (χ2v) is 3.18. The van der Waals surface area contributed by atoms with Crippen molar-refractivity contribution in [3.63, 3.8) is 0 Å².